The van der Waals surface area contributed by atoms with E-state index >= 15 is 0 Å². The molecule has 1 amide bonds. The molecule has 1 saturated heterocycles. The number of nitrogens with one attached hydrogen (secondary N) is 1. The Balaban J connectivity index is 2.19. The Bertz CT molecular complexity index is 459. The Labute approximate surface area is 132 Å². The maximum absolute atomic E-state index is 12.9. The second-order valence-corrected chi connectivity index (χ2v) is 7.28. The zero-order valence-electron chi connectivity index (χ0n) is 13.7. The van der Waals surface area contributed by atoms with E-state index in [-0.39, 0.29) is 18.1 Å². The third-order valence-corrected chi connectivity index (χ3v) is 5.58. The van der Waals surface area contributed by atoms with Gasteiger partial charge >= 0.3 is 0 Å². The molecule has 2 rings (SSSR count). The molecule has 21 heavy (non-hydrogen) atoms. The van der Waals surface area contributed by atoms with E-state index in [9.17, 15) is 4.79 Å². The van der Waals surface area contributed by atoms with Gasteiger partial charge in [-0.3, -0.25) is 10.1 Å². The lowest BCUT2D eigenvalue weighted by Crippen LogP contribution is -2.44. The highest BCUT2D eigenvalue weighted by molar-refractivity contribution is 7.10. The fraction of sp³-hybridized carbons (Fsp3) is 0.706. The number of thiophene rings is 1. The Morgan fingerprint density at radius 2 is 2.19 bits per heavy atom. The summed E-state index contributed by atoms with van der Waals surface area (Å²) in [6.45, 7) is 8.53. The van der Waals surface area contributed by atoms with E-state index in [1.165, 1.54) is 24.1 Å². The zero-order chi connectivity index (χ0) is 15.5. The van der Waals surface area contributed by atoms with Crippen LogP contribution in [-0.2, 0) is 4.79 Å². The monoisotopic (exact) mass is 308 g/mol. The molecule has 0 radical (unpaired) electrons. The van der Waals surface area contributed by atoms with Gasteiger partial charge in [-0.05, 0) is 38.1 Å². The van der Waals surface area contributed by atoms with E-state index in [0.717, 1.165) is 12.8 Å². The van der Waals surface area contributed by atoms with Gasteiger partial charge in [0.1, 0.15) is 6.17 Å². The van der Waals surface area contributed by atoms with Crippen LogP contribution in [0, 0.1) is 0 Å². The first-order valence-corrected chi connectivity index (χ1v) is 9.05. The number of carbonyl (C=O) groups is 1. The second kappa shape index (κ2) is 6.93. The molecular formula is C17H28N2OS. The van der Waals surface area contributed by atoms with Crippen LogP contribution in [0.3, 0.4) is 0 Å². The van der Waals surface area contributed by atoms with Crippen molar-refractivity contribution in [3.05, 3.63) is 22.4 Å². The largest absolute Gasteiger partial charge is 0.318 e. The molecule has 0 aromatic carbocycles. The topological polar surface area (TPSA) is 32.3 Å². The Morgan fingerprint density at radius 1 is 1.43 bits per heavy atom. The Morgan fingerprint density at radius 3 is 2.76 bits per heavy atom. The van der Waals surface area contributed by atoms with Crippen LogP contribution in [0.1, 0.15) is 70.8 Å². The third kappa shape index (κ3) is 3.32. The maximum atomic E-state index is 12.9. The first-order chi connectivity index (χ1) is 10.0. The quantitative estimate of drug-likeness (QED) is 0.761. The Hall–Kier alpha value is -0.870. The van der Waals surface area contributed by atoms with Gasteiger partial charge in [0, 0.05) is 10.9 Å². The van der Waals surface area contributed by atoms with Gasteiger partial charge < -0.3 is 4.90 Å². The standard InChI is InChI=1S/C17H28N2OS/c1-5-7-8-10-13(3)19-15(14-11-9-12-21-14)18-17(4,6-2)16(19)20/h9,11-13,15,18H,5-8,10H2,1-4H3. The lowest BCUT2D eigenvalue weighted by molar-refractivity contribution is -0.135. The molecule has 1 aliphatic rings. The molecule has 1 aromatic rings. The second-order valence-electron chi connectivity index (χ2n) is 6.31. The number of nitrogens with zero attached hydrogens (tertiary/aromatic N) is 1. The van der Waals surface area contributed by atoms with Gasteiger partial charge in [-0.15, -0.1) is 11.3 Å². The molecular weight excluding hydrogens is 280 g/mol. The van der Waals surface area contributed by atoms with Gasteiger partial charge in [0.2, 0.25) is 5.91 Å². The summed E-state index contributed by atoms with van der Waals surface area (Å²) in [5.41, 5.74) is -0.423. The number of hydrogen-bond acceptors (Lipinski definition) is 3. The third-order valence-electron chi connectivity index (χ3n) is 4.66. The van der Waals surface area contributed by atoms with Crippen LogP contribution in [-0.4, -0.2) is 22.4 Å². The number of unbranched alkanes of at least 4 members (excludes halogenated alkanes) is 2. The molecule has 0 spiro atoms. The molecule has 3 unspecified atom stereocenters. The van der Waals surface area contributed by atoms with E-state index in [2.05, 4.69) is 48.5 Å². The minimum atomic E-state index is -0.423. The average molecular weight is 308 g/mol. The van der Waals surface area contributed by atoms with Crippen molar-refractivity contribution in [3.63, 3.8) is 0 Å². The van der Waals surface area contributed by atoms with Crippen LogP contribution in [0.15, 0.2) is 17.5 Å². The fourth-order valence-electron chi connectivity index (χ4n) is 3.03. The van der Waals surface area contributed by atoms with Gasteiger partial charge in [-0.1, -0.05) is 39.2 Å². The molecule has 4 heteroatoms. The van der Waals surface area contributed by atoms with Crippen LogP contribution >= 0.6 is 11.3 Å². The van der Waals surface area contributed by atoms with Crippen molar-refractivity contribution in [1.29, 1.82) is 0 Å². The van der Waals surface area contributed by atoms with Crippen molar-refractivity contribution in [3.8, 4) is 0 Å². The van der Waals surface area contributed by atoms with Crippen LogP contribution in [0.4, 0.5) is 0 Å². The summed E-state index contributed by atoms with van der Waals surface area (Å²) in [4.78, 5) is 16.2. The van der Waals surface area contributed by atoms with Gasteiger partial charge in [0.05, 0.1) is 5.54 Å². The van der Waals surface area contributed by atoms with Crippen molar-refractivity contribution < 1.29 is 4.79 Å². The van der Waals surface area contributed by atoms with E-state index < -0.39 is 5.54 Å². The van der Waals surface area contributed by atoms with Gasteiger partial charge in [-0.25, -0.2) is 0 Å². The van der Waals surface area contributed by atoms with Crippen molar-refractivity contribution in [2.75, 3.05) is 0 Å². The highest BCUT2D eigenvalue weighted by Crippen LogP contribution is 2.36. The van der Waals surface area contributed by atoms with E-state index in [0.29, 0.717) is 0 Å². The number of rotatable bonds is 7. The zero-order valence-corrected chi connectivity index (χ0v) is 14.5. The van der Waals surface area contributed by atoms with Crippen molar-refractivity contribution in [2.45, 2.75) is 77.5 Å². The first-order valence-electron chi connectivity index (χ1n) is 8.17. The van der Waals surface area contributed by atoms with Crippen molar-refractivity contribution in [1.82, 2.24) is 10.2 Å². The lowest BCUT2D eigenvalue weighted by Gasteiger charge is -2.30. The molecule has 0 saturated carbocycles. The summed E-state index contributed by atoms with van der Waals surface area (Å²) in [6, 6.07) is 4.48. The molecule has 118 valence electrons. The SMILES string of the molecule is CCCCCC(C)N1C(=O)C(C)(CC)NC1c1cccs1. The number of amides is 1. The van der Waals surface area contributed by atoms with E-state index in [4.69, 9.17) is 0 Å². The van der Waals surface area contributed by atoms with Crippen LogP contribution < -0.4 is 5.32 Å². The highest BCUT2D eigenvalue weighted by atomic mass is 32.1. The molecule has 0 bridgehead atoms. The van der Waals surface area contributed by atoms with Gasteiger partial charge in [-0.2, -0.15) is 0 Å². The summed E-state index contributed by atoms with van der Waals surface area (Å²) < 4.78 is 0. The molecule has 3 atom stereocenters. The van der Waals surface area contributed by atoms with Crippen LogP contribution in [0.5, 0.6) is 0 Å². The van der Waals surface area contributed by atoms with Crippen LogP contribution in [0.2, 0.25) is 0 Å². The fourth-order valence-corrected chi connectivity index (χ4v) is 3.80. The van der Waals surface area contributed by atoms with Gasteiger partial charge in [0.25, 0.3) is 0 Å². The highest BCUT2D eigenvalue weighted by Gasteiger charge is 2.48. The minimum absolute atomic E-state index is 0.0408. The predicted octanol–water partition coefficient (Wildman–Crippen LogP) is 4.32. The Kier molecular flexibility index (Phi) is 5.44. The lowest BCUT2D eigenvalue weighted by atomic mass is 9.98. The summed E-state index contributed by atoms with van der Waals surface area (Å²) in [7, 11) is 0. The summed E-state index contributed by atoms with van der Waals surface area (Å²) >= 11 is 1.73. The molecule has 1 N–H and O–H groups in total. The maximum Gasteiger partial charge on any atom is 0.244 e. The average Bonchev–Trinajstić information content (AvgIpc) is 3.07. The number of hydrogen-bond donors (Lipinski definition) is 1. The summed E-state index contributed by atoms with van der Waals surface area (Å²) in [5.74, 6) is 0.257. The predicted molar refractivity (Wildman–Crippen MR) is 89.3 cm³/mol. The van der Waals surface area contributed by atoms with Gasteiger partial charge in [0.15, 0.2) is 0 Å². The summed E-state index contributed by atoms with van der Waals surface area (Å²) in [5, 5.41) is 5.66. The normalized spacial score (nSPS) is 27.3. The van der Waals surface area contributed by atoms with E-state index in [1.54, 1.807) is 11.3 Å². The molecule has 1 fully saturated rings. The molecule has 1 aliphatic heterocycles. The molecule has 0 aliphatic carbocycles. The van der Waals surface area contributed by atoms with E-state index in [1.807, 2.05) is 6.92 Å². The van der Waals surface area contributed by atoms with Crippen molar-refractivity contribution in [2.24, 2.45) is 0 Å². The summed E-state index contributed by atoms with van der Waals surface area (Å²) in [6.07, 6.45) is 5.61. The number of carbonyl (C=O) groups excluding carboxylic acids is 1. The van der Waals surface area contributed by atoms with Crippen molar-refractivity contribution >= 4 is 17.2 Å². The molecule has 3 nitrogen and oxygen atoms in total. The molecule has 2 heterocycles. The minimum Gasteiger partial charge on any atom is -0.318 e. The van der Waals surface area contributed by atoms with Crippen LogP contribution in [0.25, 0.3) is 0 Å². The first kappa shape index (κ1) is 16.5. The molecule has 1 aromatic heterocycles. The smallest absolute Gasteiger partial charge is 0.244 e.